The van der Waals surface area contributed by atoms with Crippen LogP contribution in [-0.4, -0.2) is 14.2 Å². The van der Waals surface area contributed by atoms with Gasteiger partial charge in [0, 0.05) is 0 Å². The highest BCUT2D eigenvalue weighted by molar-refractivity contribution is 7.91. The van der Waals surface area contributed by atoms with Gasteiger partial charge in [-0.25, -0.2) is 8.42 Å². The maximum atomic E-state index is 11.6. The van der Waals surface area contributed by atoms with Crippen LogP contribution in [0, 0.1) is 11.3 Å². The summed E-state index contributed by atoms with van der Waals surface area (Å²) in [6.07, 6.45) is 0. The highest BCUT2D eigenvalue weighted by Crippen LogP contribution is 2.34. The lowest BCUT2D eigenvalue weighted by atomic mass is 10.0. The van der Waals surface area contributed by atoms with Crippen molar-refractivity contribution in [2.24, 2.45) is 0 Å². The largest absolute Gasteiger partial charge is 0.224 e. The van der Waals surface area contributed by atoms with Gasteiger partial charge in [0.15, 0.2) is 9.84 Å². The Morgan fingerprint density at radius 2 is 2.21 bits per heavy atom. The zero-order chi connectivity index (χ0) is 10.3. The molecule has 0 aromatic heterocycles. The normalized spacial score (nSPS) is 22.7. The van der Waals surface area contributed by atoms with E-state index in [0.29, 0.717) is 10.5 Å². The van der Waals surface area contributed by atoms with Crippen molar-refractivity contribution in [1.82, 2.24) is 0 Å². The first kappa shape index (κ1) is 9.22. The number of hydrogen-bond donors (Lipinski definition) is 0. The fraction of sp³-hybridized carbons (Fsp3) is 0.300. The van der Waals surface area contributed by atoms with E-state index < -0.39 is 9.84 Å². The molecule has 2 rings (SSSR count). The predicted molar refractivity (Wildman–Crippen MR) is 51.6 cm³/mol. The fourth-order valence-electron chi connectivity index (χ4n) is 1.79. The fourth-order valence-corrected chi connectivity index (χ4v) is 3.74. The van der Waals surface area contributed by atoms with Crippen molar-refractivity contribution < 1.29 is 8.42 Å². The predicted octanol–water partition coefficient (Wildman–Crippen LogP) is 1.45. The second-order valence-electron chi connectivity index (χ2n) is 3.55. The van der Waals surface area contributed by atoms with Crippen molar-refractivity contribution >= 4 is 9.84 Å². The van der Waals surface area contributed by atoms with E-state index in [1.165, 1.54) is 6.07 Å². The molecular formula is C10H9NO2S. The van der Waals surface area contributed by atoms with Crippen LogP contribution in [0.25, 0.3) is 0 Å². The topological polar surface area (TPSA) is 57.9 Å². The summed E-state index contributed by atoms with van der Waals surface area (Å²) < 4.78 is 23.2. The second kappa shape index (κ2) is 2.82. The maximum absolute atomic E-state index is 11.6. The van der Waals surface area contributed by atoms with Gasteiger partial charge in [0.25, 0.3) is 0 Å². The van der Waals surface area contributed by atoms with Crippen LogP contribution in [-0.2, 0) is 9.84 Å². The zero-order valence-corrected chi connectivity index (χ0v) is 8.50. The van der Waals surface area contributed by atoms with Gasteiger partial charge in [-0.1, -0.05) is 13.0 Å². The number of hydrogen-bond acceptors (Lipinski definition) is 3. The highest BCUT2D eigenvalue weighted by atomic mass is 32.2. The molecule has 0 spiro atoms. The molecule has 1 aromatic carbocycles. The molecule has 14 heavy (non-hydrogen) atoms. The van der Waals surface area contributed by atoms with E-state index in [2.05, 4.69) is 0 Å². The first-order chi connectivity index (χ1) is 6.54. The smallest absolute Gasteiger partial charge is 0.179 e. The van der Waals surface area contributed by atoms with E-state index >= 15 is 0 Å². The molecule has 72 valence electrons. The van der Waals surface area contributed by atoms with Crippen molar-refractivity contribution in [2.75, 3.05) is 5.75 Å². The quantitative estimate of drug-likeness (QED) is 0.647. The van der Waals surface area contributed by atoms with Crippen LogP contribution in [0.5, 0.6) is 0 Å². The Morgan fingerprint density at radius 1 is 1.50 bits per heavy atom. The average Bonchev–Trinajstić information content (AvgIpc) is 2.37. The Balaban J connectivity index is 2.73. The Hall–Kier alpha value is -1.34. The number of rotatable bonds is 0. The molecule has 1 aliphatic heterocycles. The lowest BCUT2D eigenvalue weighted by molar-refractivity contribution is 0.598. The number of nitriles is 1. The lowest BCUT2D eigenvalue weighted by Crippen LogP contribution is -2.00. The van der Waals surface area contributed by atoms with Crippen molar-refractivity contribution in [3.05, 3.63) is 29.3 Å². The van der Waals surface area contributed by atoms with Gasteiger partial charge in [-0.3, -0.25) is 0 Å². The summed E-state index contributed by atoms with van der Waals surface area (Å²) in [6, 6.07) is 6.81. The van der Waals surface area contributed by atoms with Crippen molar-refractivity contribution in [2.45, 2.75) is 17.7 Å². The molecule has 0 saturated heterocycles. The van der Waals surface area contributed by atoms with E-state index in [0.717, 1.165) is 5.56 Å². The van der Waals surface area contributed by atoms with Crippen LogP contribution >= 0.6 is 0 Å². The van der Waals surface area contributed by atoms with Gasteiger partial charge in [-0.2, -0.15) is 5.26 Å². The van der Waals surface area contributed by atoms with Gasteiger partial charge in [0.05, 0.1) is 22.3 Å². The molecule has 3 nitrogen and oxygen atoms in total. The van der Waals surface area contributed by atoms with Crippen LogP contribution in [0.3, 0.4) is 0 Å². The third-order valence-corrected chi connectivity index (χ3v) is 4.44. The third kappa shape index (κ3) is 1.21. The van der Waals surface area contributed by atoms with E-state index in [1.807, 2.05) is 13.0 Å². The van der Waals surface area contributed by atoms with Gasteiger partial charge in [-0.15, -0.1) is 0 Å². The Labute approximate surface area is 82.9 Å². The summed E-state index contributed by atoms with van der Waals surface area (Å²) >= 11 is 0. The molecule has 0 unspecified atom stereocenters. The van der Waals surface area contributed by atoms with E-state index in [-0.39, 0.29) is 11.7 Å². The Bertz CT molecular complexity index is 526. The minimum atomic E-state index is -3.14. The van der Waals surface area contributed by atoms with Crippen LogP contribution < -0.4 is 0 Å². The minimum absolute atomic E-state index is 0.0442. The number of sulfone groups is 1. The molecule has 1 heterocycles. The molecule has 0 N–H and O–H groups in total. The van der Waals surface area contributed by atoms with Gasteiger partial charge in [0.1, 0.15) is 0 Å². The summed E-state index contributed by atoms with van der Waals surface area (Å²) in [5.74, 6) is 0.208. The van der Waals surface area contributed by atoms with Crippen LogP contribution in [0.1, 0.15) is 24.0 Å². The van der Waals surface area contributed by atoms with Crippen molar-refractivity contribution in [3.63, 3.8) is 0 Å². The molecule has 1 aromatic rings. The lowest BCUT2D eigenvalue weighted by Gasteiger charge is -2.00. The molecule has 0 fully saturated rings. The summed E-state index contributed by atoms with van der Waals surface area (Å²) in [4.78, 5) is 0.337. The summed E-state index contributed by atoms with van der Waals surface area (Å²) in [7, 11) is -3.14. The average molecular weight is 207 g/mol. The van der Waals surface area contributed by atoms with E-state index in [1.54, 1.807) is 12.1 Å². The standard InChI is InChI=1S/C10H9NO2S/c1-7-6-14(12,13)10-4-8(5-11)2-3-9(7)10/h2-4,7H,6H2,1H3/t7-/m1/s1. The summed E-state index contributed by atoms with van der Waals surface area (Å²) in [5, 5.41) is 8.66. The van der Waals surface area contributed by atoms with Gasteiger partial charge < -0.3 is 0 Å². The van der Waals surface area contributed by atoms with Gasteiger partial charge in [-0.05, 0) is 23.6 Å². The summed E-state index contributed by atoms with van der Waals surface area (Å²) in [6.45, 7) is 1.88. The zero-order valence-electron chi connectivity index (χ0n) is 7.69. The number of fused-ring (bicyclic) bond motifs is 1. The molecule has 0 bridgehead atoms. The summed E-state index contributed by atoms with van der Waals surface area (Å²) in [5.41, 5.74) is 1.24. The van der Waals surface area contributed by atoms with Gasteiger partial charge in [0.2, 0.25) is 0 Å². The molecule has 1 aliphatic rings. The first-order valence-electron chi connectivity index (χ1n) is 4.31. The molecule has 0 saturated carbocycles. The van der Waals surface area contributed by atoms with E-state index in [9.17, 15) is 8.42 Å². The first-order valence-corrected chi connectivity index (χ1v) is 5.96. The monoisotopic (exact) mass is 207 g/mol. The van der Waals surface area contributed by atoms with Crippen LogP contribution in [0.15, 0.2) is 23.1 Å². The van der Waals surface area contributed by atoms with Gasteiger partial charge >= 0.3 is 0 Å². The number of benzene rings is 1. The minimum Gasteiger partial charge on any atom is -0.224 e. The number of nitrogens with zero attached hydrogens (tertiary/aromatic N) is 1. The molecular weight excluding hydrogens is 198 g/mol. The molecule has 0 aliphatic carbocycles. The molecule has 0 radical (unpaired) electrons. The van der Waals surface area contributed by atoms with Crippen LogP contribution in [0.2, 0.25) is 0 Å². The highest BCUT2D eigenvalue weighted by Gasteiger charge is 2.31. The van der Waals surface area contributed by atoms with Crippen molar-refractivity contribution in [3.8, 4) is 6.07 Å². The Kier molecular flexibility index (Phi) is 1.86. The SMILES string of the molecule is C[C@@H]1CS(=O)(=O)c2cc(C#N)ccc21. The Morgan fingerprint density at radius 3 is 2.86 bits per heavy atom. The molecule has 1 atom stereocenters. The molecule has 4 heteroatoms. The van der Waals surface area contributed by atoms with E-state index in [4.69, 9.17) is 5.26 Å². The third-order valence-electron chi connectivity index (χ3n) is 2.48. The van der Waals surface area contributed by atoms with Crippen LogP contribution in [0.4, 0.5) is 0 Å². The van der Waals surface area contributed by atoms with Crippen molar-refractivity contribution in [1.29, 1.82) is 5.26 Å². The maximum Gasteiger partial charge on any atom is 0.179 e. The second-order valence-corrected chi connectivity index (χ2v) is 5.55. The molecule has 0 amide bonds.